The van der Waals surface area contributed by atoms with Crippen molar-refractivity contribution in [1.29, 1.82) is 0 Å². The molecule has 1 aromatic heterocycles. The second-order valence-corrected chi connectivity index (χ2v) is 6.71. The van der Waals surface area contributed by atoms with Gasteiger partial charge in [0.1, 0.15) is 0 Å². The highest BCUT2D eigenvalue weighted by Crippen LogP contribution is 2.24. The van der Waals surface area contributed by atoms with Crippen molar-refractivity contribution in [3.8, 4) is 0 Å². The quantitative estimate of drug-likeness (QED) is 0.887. The van der Waals surface area contributed by atoms with Crippen molar-refractivity contribution >= 4 is 17.8 Å². The molecule has 3 saturated heterocycles. The van der Waals surface area contributed by atoms with E-state index in [1.807, 2.05) is 0 Å². The highest BCUT2D eigenvalue weighted by atomic mass is 15.4. The normalized spacial score (nSPS) is 22.7. The van der Waals surface area contributed by atoms with Gasteiger partial charge in [0, 0.05) is 52.4 Å². The van der Waals surface area contributed by atoms with Crippen molar-refractivity contribution in [2.75, 3.05) is 67.1 Å². The van der Waals surface area contributed by atoms with Crippen molar-refractivity contribution < 1.29 is 0 Å². The van der Waals surface area contributed by atoms with Crippen molar-refractivity contribution in [2.24, 2.45) is 0 Å². The molecule has 0 radical (unpaired) electrons. The van der Waals surface area contributed by atoms with E-state index in [1.54, 1.807) is 0 Å². The van der Waals surface area contributed by atoms with E-state index in [9.17, 15) is 0 Å². The summed E-state index contributed by atoms with van der Waals surface area (Å²) in [6.45, 7) is 8.25. The summed E-state index contributed by atoms with van der Waals surface area (Å²) >= 11 is 0. The molecule has 3 aliphatic rings. The second kappa shape index (κ2) is 6.86. The van der Waals surface area contributed by atoms with Crippen LogP contribution < -0.4 is 20.0 Å². The molecule has 4 heterocycles. The van der Waals surface area contributed by atoms with E-state index in [1.165, 1.54) is 32.1 Å². The Morgan fingerprint density at radius 2 is 0.913 bits per heavy atom. The first-order chi connectivity index (χ1) is 11.4. The minimum atomic E-state index is 0.865. The van der Waals surface area contributed by atoms with Crippen LogP contribution in [0, 0.1) is 0 Å². The van der Waals surface area contributed by atoms with E-state index < -0.39 is 0 Å². The molecule has 4 rings (SSSR count). The largest absolute Gasteiger partial charge is 0.341 e. The fourth-order valence-corrected chi connectivity index (χ4v) is 3.64. The van der Waals surface area contributed by atoms with Gasteiger partial charge in [-0.3, -0.25) is 0 Å². The molecular weight excluding hydrogens is 290 g/mol. The van der Waals surface area contributed by atoms with Crippen LogP contribution in [0.1, 0.15) is 32.1 Å². The lowest BCUT2D eigenvalue weighted by molar-refractivity contribution is 0.560. The maximum atomic E-state index is 4.83. The molecule has 0 aromatic carbocycles. The molecule has 0 unspecified atom stereocenters. The first-order valence-corrected chi connectivity index (χ1v) is 9.12. The lowest BCUT2D eigenvalue weighted by Crippen LogP contribution is -2.44. The molecule has 126 valence electrons. The van der Waals surface area contributed by atoms with Crippen LogP contribution in [0.25, 0.3) is 0 Å². The predicted molar refractivity (Wildman–Crippen MR) is 92.4 cm³/mol. The number of aromatic nitrogens is 3. The van der Waals surface area contributed by atoms with E-state index in [0.717, 1.165) is 70.2 Å². The fraction of sp³-hybridized carbons (Fsp3) is 0.812. The van der Waals surface area contributed by atoms with Gasteiger partial charge in [-0.1, -0.05) is 0 Å². The molecule has 7 heteroatoms. The Hall–Kier alpha value is -1.63. The molecule has 23 heavy (non-hydrogen) atoms. The van der Waals surface area contributed by atoms with Gasteiger partial charge in [-0.2, -0.15) is 15.0 Å². The van der Waals surface area contributed by atoms with Gasteiger partial charge in [0.2, 0.25) is 17.8 Å². The molecule has 1 N–H and O–H groups in total. The maximum absolute atomic E-state index is 4.83. The van der Waals surface area contributed by atoms with E-state index in [0.29, 0.717) is 0 Å². The number of anilines is 3. The Labute approximate surface area is 138 Å². The van der Waals surface area contributed by atoms with Crippen LogP contribution in [-0.2, 0) is 0 Å². The molecule has 0 amide bonds. The Morgan fingerprint density at radius 1 is 0.522 bits per heavy atom. The second-order valence-electron chi connectivity index (χ2n) is 6.71. The summed E-state index contributed by atoms with van der Waals surface area (Å²) in [7, 11) is 0. The number of piperazine rings is 1. The van der Waals surface area contributed by atoms with E-state index in [2.05, 4.69) is 20.0 Å². The average molecular weight is 317 g/mol. The van der Waals surface area contributed by atoms with E-state index >= 15 is 0 Å². The summed E-state index contributed by atoms with van der Waals surface area (Å²) in [5, 5.41) is 3.40. The summed E-state index contributed by atoms with van der Waals surface area (Å²) in [5.74, 6) is 2.63. The molecular formula is C16H27N7. The zero-order chi connectivity index (χ0) is 15.5. The number of hydrogen-bond donors (Lipinski definition) is 1. The van der Waals surface area contributed by atoms with Gasteiger partial charge in [0.05, 0.1) is 0 Å². The summed E-state index contributed by atoms with van der Waals surface area (Å²) in [5.41, 5.74) is 0. The fourth-order valence-electron chi connectivity index (χ4n) is 3.64. The zero-order valence-corrected chi connectivity index (χ0v) is 13.9. The van der Waals surface area contributed by atoms with Gasteiger partial charge in [-0.15, -0.1) is 0 Å². The summed E-state index contributed by atoms with van der Waals surface area (Å²) in [4.78, 5) is 21.4. The lowest BCUT2D eigenvalue weighted by Gasteiger charge is -2.31. The third-order valence-electron chi connectivity index (χ3n) is 5.03. The van der Waals surface area contributed by atoms with Crippen LogP contribution in [0.2, 0.25) is 0 Å². The molecule has 0 atom stereocenters. The summed E-state index contributed by atoms with van der Waals surface area (Å²) in [6.07, 6.45) is 6.30. The molecule has 1 aromatic rings. The van der Waals surface area contributed by atoms with Crippen LogP contribution in [0.15, 0.2) is 0 Å². The van der Waals surface area contributed by atoms with Crippen LogP contribution in [0.5, 0.6) is 0 Å². The number of hydrogen-bond acceptors (Lipinski definition) is 7. The van der Waals surface area contributed by atoms with Crippen LogP contribution >= 0.6 is 0 Å². The number of nitrogens with one attached hydrogen (secondary N) is 1. The van der Waals surface area contributed by atoms with Gasteiger partial charge in [0.25, 0.3) is 0 Å². The van der Waals surface area contributed by atoms with Crippen molar-refractivity contribution in [3.05, 3.63) is 0 Å². The third kappa shape index (κ3) is 3.34. The van der Waals surface area contributed by atoms with E-state index in [-0.39, 0.29) is 0 Å². The molecule has 0 bridgehead atoms. The van der Waals surface area contributed by atoms with Crippen LogP contribution in [0.3, 0.4) is 0 Å². The van der Waals surface area contributed by atoms with Gasteiger partial charge in [-0.25, -0.2) is 0 Å². The Morgan fingerprint density at radius 3 is 1.39 bits per heavy atom. The van der Waals surface area contributed by atoms with Gasteiger partial charge in [-0.05, 0) is 32.1 Å². The van der Waals surface area contributed by atoms with Crippen LogP contribution in [-0.4, -0.2) is 67.3 Å². The maximum Gasteiger partial charge on any atom is 0.232 e. The van der Waals surface area contributed by atoms with Crippen molar-refractivity contribution in [3.63, 3.8) is 0 Å². The monoisotopic (exact) mass is 317 g/mol. The van der Waals surface area contributed by atoms with Crippen molar-refractivity contribution in [2.45, 2.75) is 32.1 Å². The van der Waals surface area contributed by atoms with Gasteiger partial charge < -0.3 is 20.0 Å². The summed E-state index contributed by atoms with van der Waals surface area (Å²) < 4.78 is 0. The van der Waals surface area contributed by atoms with Gasteiger partial charge >= 0.3 is 0 Å². The minimum Gasteiger partial charge on any atom is -0.341 e. The summed E-state index contributed by atoms with van der Waals surface area (Å²) in [6, 6.07) is 0. The van der Waals surface area contributed by atoms with Gasteiger partial charge in [0.15, 0.2) is 0 Å². The minimum absolute atomic E-state index is 0.865. The lowest BCUT2D eigenvalue weighted by atomic mass is 10.1. The standard InChI is InChI=1S/C16H27N7/c1-2-8-21(9-3-1)14-18-15(22-10-4-5-11-22)20-16(19-14)23-12-6-17-7-13-23/h17H,1-13H2. The first kappa shape index (κ1) is 14.9. The third-order valence-corrected chi connectivity index (χ3v) is 5.03. The average Bonchev–Trinajstić information content (AvgIpc) is 3.18. The Balaban J connectivity index is 1.64. The smallest absolute Gasteiger partial charge is 0.232 e. The number of nitrogens with zero attached hydrogens (tertiary/aromatic N) is 6. The Kier molecular flexibility index (Phi) is 4.46. The SMILES string of the molecule is C1CCN(c2nc(N3CCCC3)nc(N3CCNCC3)n2)CC1. The molecule has 0 aliphatic carbocycles. The van der Waals surface area contributed by atoms with E-state index in [4.69, 9.17) is 15.0 Å². The molecule has 3 aliphatic heterocycles. The van der Waals surface area contributed by atoms with Crippen molar-refractivity contribution in [1.82, 2.24) is 20.3 Å². The Bertz CT molecular complexity index is 481. The molecule has 0 saturated carbocycles. The first-order valence-electron chi connectivity index (χ1n) is 9.12. The molecule has 7 nitrogen and oxygen atoms in total. The number of piperidine rings is 1. The predicted octanol–water partition coefficient (Wildman–Crippen LogP) is 0.872. The number of rotatable bonds is 3. The molecule has 0 spiro atoms. The zero-order valence-electron chi connectivity index (χ0n) is 13.9. The van der Waals surface area contributed by atoms with Crippen LogP contribution in [0.4, 0.5) is 17.8 Å². The molecule has 3 fully saturated rings. The highest BCUT2D eigenvalue weighted by Gasteiger charge is 2.23. The topological polar surface area (TPSA) is 60.4 Å². The highest BCUT2D eigenvalue weighted by molar-refractivity contribution is 5.47.